The summed E-state index contributed by atoms with van der Waals surface area (Å²) in [5, 5.41) is 0. The summed E-state index contributed by atoms with van der Waals surface area (Å²) in [6.07, 6.45) is 6.97. The van der Waals surface area contributed by atoms with E-state index in [1.807, 2.05) is 35.3 Å². The van der Waals surface area contributed by atoms with Crippen molar-refractivity contribution in [3.05, 3.63) is 29.8 Å². The average Bonchev–Trinajstić information content (AvgIpc) is 3.20. The van der Waals surface area contributed by atoms with Gasteiger partial charge in [-0.2, -0.15) is 0 Å². The summed E-state index contributed by atoms with van der Waals surface area (Å²) in [5.41, 5.74) is 1.02. The van der Waals surface area contributed by atoms with E-state index in [9.17, 15) is 4.79 Å². The highest BCUT2D eigenvalue weighted by atomic mass is 16.7. The number of hydrogen-bond acceptors (Lipinski definition) is 4. The van der Waals surface area contributed by atoms with Crippen LogP contribution < -0.4 is 9.47 Å². The Kier molecular flexibility index (Phi) is 3.50. The fourth-order valence-electron chi connectivity index (χ4n) is 2.99. The molecule has 5 heteroatoms. The number of epoxide rings is 1. The summed E-state index contributed by atoms with van der Waals surface area (Å²) in [5.74, 6) is 1.68. The molecule has 0 saturated carbocycles. The van der Waals surface area contributed by atoms with E-state index in [4.69, 9.17) is 14.2 Å². The predicted octanol–water partition coefficient (Wildman–Crippen LogP) is 2.21. The lowest BCUT2D eigenvalue weighted by molar-refractivity contribution is -0.133. The highest BCUT2D eigenvalue weighted by Crippen LogP contribution is 2.33. The smallest absolute Gasteiger partial charge is 0.254 e. The van der Waals surface area contributed by atoms with Gasteiger partial charge in [0.1, 0.15) is 6.10 Å². The van der Waals surface area contributed by atoms with Crippen molar-refractivity contribution in [3.63, 3.8) is 0 Å². The second-order valence-electron chi connectivity index (χ2n) is 5.88. The van der Waals surface area contributed by atoms with Crippen molar-refractivity contribution >= 4 is 12.0 Å². The number of fused-ring (bicyclic) bond motifs is 1. The zero-order valence-corrected chi connectivity index (χ0v) is 12.4. The Morgan fingerprint density at radius 3 is 2.82 bits per heavy atom. The van der Waals surface area contributed by atoms with Gasteiger partial charge in [-0.15, -0.1) is 0 Å². The normalized spacial score (nSPS) is 26.5. The third-order valence-electron chi connectivity index (χ3n) is 4.31. The van der Waals surface area contributed by atoms with Gasteiger partial charge < -0.3 is 19.1 Å². The number of nitrogens with zero attached hydrogens (tertiary/aromatic N) is 1. The number of ether oxygens (including phenoxy) is 3. The fraction of sp³-hybridized carbons (Fsp3) is 0.471. The maximum Gasteiger partial charge on any atom is 0.254 e. The van der Waals surface area contributed by atoms with E-state index in [2.05, 4.69) is 0 Å². The standard InChI is InChI=1S/C17H19NO4/c19-17(18-8-2-1-3-9-18)16-14(22-16)7-5-12-4-6-13-15(10-12)21-11-20-13/h4-7,10,14,16H,1-3,8-9,11H2/t14-,16-/m1/s1. The number of amides is 1. The Hall–Kier alpha value is -2.01. The van der Waals surface area contributed by atoms with Gasteiger partial charge in [-0.05, 0) is 37.0 Å². The van der Waals surface area contributed by atoms with Crippen LogP contribution >= 0.6 is 0 Å². The van der Waals surface area contributed by atoms with Crippen LogP contribution in [0.25, 0.3) is 6.08 Å². The summed E-state index contributed by atoms with van der Waals surface area (Å²) in [6.45, 7) is 2.02. The molecule has 4 rings (SSSR count). The van der Waals surface area contributed by atoms with Crippen LogP contribution in [-0.4, -0.2) is 42.9 Å². The van der Waals surface area contributed by atoms with Crippen molar-refractivity contribution < 1.29 is 19.0 Å². The SMILES string of the molecule is O=C([C@@H]1O[C@@H]1C=Cc1ccc2c(c1)OCO2)N1CCCCC1. The fourth-order valence-corrected chi connectivity index (χ4v) is 2.99. The van der Waals surface area contributed by atoms with E-state index in [1.54, 1.807) is 0 Å². The van der Waals surface area contributed by atoms with Gasteiger partial charge in [0.05, 0.1) is 0 Å². The van der Waals surface area contributed by atoms with Crippen molar-refractivity contribution in [1.29, 1.82) is 0 Å². The molecule has 1 aromatic carbocycles. The largest absolute Gasteiger partial charge is 0.454 e. The van der Waals surface area contributed by atoms with Crippen LogP contribution in [0.1, 0.15) is 24.8 Å². The molecule has 5 nitrogen and oxygen atoms in total. The van der Waals surface area contributed by atoms with Gasteiger partial charge in [0.15, 0.2) is 17.6 Å². The Morgan fingerprint density at radius 1 is 1.14 bits per heavy atom. The highest BCUT2D eigenvalue weighted by Gasteiger charge is 2.45. The van der Waals surface area contributed by atoms with Crippen LogP contribution in [0.4, 0.5) is 0 Å². The first-order valence-electron chi connectivity index (χ1n) is 7.83. The lowest BCUT2D eigenvalue weighted by Crippen LogP contribution is -2.38. The van der Waals surface area contributed by atoms with Crippen LogP contribution in [0.5, 0.6) is 11.5 Å². The summed E-state index contributed by atoms with van der Waals surface area (Å²) in [7, 11) is 0. The number of carbonyl (C=O) groups is 1. The summed E-state index contributed by atoms with van der Waals surface area (Å²) in [4.78, 5) is 14.2. The highest BCUT2D eigenvalue weighted by molar-refractivity contribution is 5.84. The molecule has 1 amide bonds. The van der Waals surface area contributed by atoms with E-state index >= 15 is 0 Å². The van der Waals surface area contributed by atoms with Crippen LogP contribution in [0.15, 0.2) is 24.3 Å². The van der Waals surface area contributed by atoms with Gasteiger partial charge in [0, 0.05) is 13.1 Å². The molecule has 3 aliphatic rings. The molecule has 0 spiro atoms. The molecule has 2 saturated heterocycles. The van der Waals surface area contributed by atoms with E-state index in [-0.39, 0.29) is 24.9 Å². The van der Waals surface area contributed by atoms with Crippen LogP contribution in [-0.2, 0) is 9.53 Å². The lowest BCUT2D eigenvalue weighted by atomic mass is 10.1. The molecule has 116 valence electrons. The molecule has 0 unspecified atom stereocenters. The summed E-state index contributed by atoms with van der Waals surface area (Å²) >= 11 is 0. The number of piperidine rings is 1. The third kappa shape index (κ3) is 2.68. The topological polar surface area (TPSA) is 51.3 Å². The molecular formula is C17H19NO4. The van der Waals surface area contributed by atoms with E-state index in [1.165, 1.54) is 6.42 Å². The van der Waals surface area contributed by atoms with Crippen molar-refractivity contribution in [3.8, 4) is 11.5 Å². The van der Waals surface area contributed by atoms with Gasteiger partial charge in [-0.3, -0.25) is 4.79 Å². The number of likely N-dealkylation sites (tertiary alicyclic amines) is 1. The van der Waals surface area contributed by atoms with Gasteiger partial charge in [-0.25, -0.2) is 0 Å². The van der Waals surface area contributed by atoms with Gasteiger partial charge in [0.2, 0.25) is 6.79 Å². The van der Waals surface area contributed by atoms with Crippen molar-refractivity contribution in [1.82, 2.24) is 4.90 Å². The minimum Gasteiger partial charge on any atom is -0.454 e. The molecule has 0 radical (unpaired) electrons. The van der Waals surface area contributed by atoms with E-state index in [0.717, 1.165) is 43.0 Å². The zero-order valence-electron chi connectivity index (χ0n) is 12.4. The Balaban J connectivity index is 1.35. The average molecular weight is 301 g/mol. The number of benzene rings is 1. The van der Waals surface area contributed by atoms with Crippen LogP contribution in [0.2, 0.25) is 0 Å². The second kappa shape index (κ2) is 5.65. The lowest BCUT2D eigenvalue weighted by Gasteiger charge is -2.25. The van der Waals surface area contributed by atoms with Crippen molar-refractivity contribution in [2.45, 2.75) is 31.5 Å². The molecule has 3 aliphatic heterocycles. The molecule has 2 atom stereocenters. The molecule has 1 aromatic rings. The molecule has 3 heterocycles. The maximum atomic E-state index is 12.3. The quantitative estimate of drug-likeness (QED) is 0.803. The number of rotatable bonds is 3. The predicted molar refractivity (Wildman–Crippen MR) is 80.7 cm³/mol. The Morgan fingerprint density at radius 2 is 1.95 bits per heavy atom. The number of hydrogen-bond donors (Lipinski definition) is 0. The molecular weight excluding hydrogens is 282 g/mol. The zero-order chi connectivity index (χ0) is 14.9. The Bertz CT molecular complexity index is 607. The van der Waals surface area contributed by atoms with Crippen LogP contribution in [0.3, 0.4) is 0 Å². The Labute approximate surface area is 129 Å². The molecule has 0 aliphatic carbocycles. The first-order chi connectivity index (χ1) is 10.8. The van der Waals surface area contributed by atoms with E-state index in [0.29, 0.717) is 0 Å². The van der Waals surface area contributed by atoms with Gasteiger partial charge >= 0.3 is 0 Å². The summed E-state index contributed by atoms with van der Waals surface area (Å²) in [6, 6.07) is 5.79. The van der Waals surface area contributed by atoms with E-state index < -0.39 is 0 Å². The minimum atomic E-state index is -0.289. The first-order valence-corrected chi connectivity index (χ1v) is 7.83. The molecule has 22 heavy (non-hydrogen) atoms. The van der Waals surface area contributed by atoms with Gasteiger partial charge in [0.25, 0.3) is 5.91 Å². The number of carbonyl (C=O) groups excluding carboxylic acids is 1. The molecule has 2 fully saturated rings. The maximum absolute atomic E-state index is 12.3. The monoisotopic (exact) mass is 301 g/mol. The first kappa shape index (κ1) is 13.6. The molecule has 0 bridgehead atoms. The molecule has 0 aromatic heterocycles. The third-order valence-corrected chi connectivity index (χ3v) is 4.31. The van der Waals surface area contributed by atoms with Gasteiger partial charge in [-0.1, -0.05) is 18.2 Å². The van der Waals surface area contributed by atoms with Crippen molar-refractivity contribution in [2.24, 2.45) is 0 Å². The van der Waals surface area contributed by atoms with Crippen LogP contribution in [0, 0.1) is 0 Å². The molecule has 0 N–H and O–H groups in total. The van der Waals surface area contributed by atoms with Crippen molar-refractivity contribution in [2.75, 3.05) is 19.9 Å². The summed E-state index contributed by atoms with van der Waals surface area (Å²) < 4.78 is 16.2. The minimum absolute atomic E-state index is 0.0974. The second-order valence-corrected chi connectivity index (χ2v) is 5.88.